The molecule has 0 bridgehead atoms. The third-order valence-electron chi connectivity index (χ3n) is 3.18. The lowest BCUT2D eigenvalue weighted by Gasteiger charge is -2.19. The summed E-state index contributed by atoms with van der Waals surface area (Å²) in [6.07, 6.45) is 7.35. The lowest BCUT2D eigenvalue weighted by Crippen LogP contribution is -2.31. The second kappa shape index (κ2) is 6.40. The molecule has 2 aromatic heterocycles. The summed E-state index contributed by atoms with van der Waals surface area (Å²) in [6, 6.07) is 1.88. The molecule has 1 unspecified atom stereocenters. The van der Waals surface area contributed by atoms with Gasteiger partial charge in [0.2, 0.25) is 0 Å². The van der Waals surface area contributed by atoms with E-state index in [0.29, 0.717) is 0 Å². The Kier molecular flexibility index (Phi) is 4.59. The molecule has 0 aromatic carbocycles. The smallest absolute Gasteiger partial charge is 0.0898 e. The highest BCUT2D eigenvalue weighted by molar-refractivity contribution is 5.32. The first-order valence-corrected chi connectivity index (χ1v) is 6.59. The summed E-state index contributed by atoms with van der Waals surface area (Å²) in [5.74, 6) is 5.75. The van der Waals surface area contributed by atoms with Gasteiger partial charge in [-0.15, -0.1) is 5.10 Å². The van der Waals surface area contributed by atoms with Gasteiger partial charge in [0, 0.05) is 18.9 Å². The average Bonchev–Trinajstić information content (AvgIpc) is 2.89. The van der Waals surface area contributed by atoms with E-state index in [0.717, 1.165) is 30.6 Å². The maximum absolute atomic E-state index is 5.75. The number of hydrazine groups is 1. The molecule has 2 aromatic rings. The zero-order valence-corrected chi connectivity index (χ0v) is 11.4. The predicted molar refractivity (Wildman–Crippen MR) is 73.1 cm³/mol. The molecule has 2 heterocycles. The van der Waals surface area contributed by atoms with Gasteiger partial charge in [-0.2, -0.15) is 0 Å². The Morgan fingerprint density at radius 1 is 1.37 bits per heavy atom. The normalized spacial score (nSPS) is 12.6. The summed E-state index contributed by atoms with van der Waals surface area (Å²) in [7, 11) is 0. The van der Waals surface area contributed by atoms with E-state index in [1.165, 1.54) is 5.56 Å². The molecule has 19 heavy (non-hydrogen) atoms. The molecule has 6 heteroatoms. The largest absolute Gasteiger partial charge is 0.271 e. The van der Waals surface area contributed by atoms with Crippen molar-refractivity contribution in [1.82, 2.24) is 25.4 Å². The van der Waals surface area contributed by atoms with Crippen LogP contribution in [-0.2, 0) is 13.0 Å². The van der Waals surface area contributed by atoms with E-state index in [4.69, 9.17) is 5.84 Å². The lowest BCUT2D eigenvalue weighted by molar-refractivity contribution is 0.510. The van der Waals surface area contributed by atoms with Gasteiger partial charge < -0.3 is 0 Å². The number of nitrogens with zero attached hydrogens (tertiary/aromatic N) is 4. The van der Waals surface area contributed by atoms with Gasteiger partial charge in [-0.1, -0.05) is 19.1 Å². The first kappa shape index (κ1) is 13.6. The topological polar surface area (TPSA) is 81.7 Å². The van der Waals surface area contributed by atoms with E-state index in [1.54, 1.807) is 12.4 Å². The van der Waals surface area contributed by atoms with Crippen LogP contribution in [0.1, 0.15) is 43.1 Å². The molecule has 0 aliphatic carbocycles. The number of aromatic nitrogens is 4. The van der Waals surface area contributed by atoms with Gasteiger partial charge in [-0.25, -0.2) is 10.1 Å². The fourth-order valence-corrected chi connectivity index (χ4v) is 2.22. The summed E-state index contributed by atoms with van der Waals surface area (Å²) < 4.78 is 1.89. The quantitative estimate of drug-likeness (QED) is 0.602. The minimum Gasteiger partial charge on any atom is -0.271 e. The van der Waals surface area contributed by atoms with Gasteiger partial charge >= 0.3 is 0 Å². The van der Waals surface area contributed by atoms with E-state index in [-0.39, 0.29) is 6.04 Å². The summed E-state index contributed by atoms with van der Waals surface area (Å²) >= 11 is 0. The van der Waals surface area contributed by atoms with Crippen LogP contribution in [0.4, 0.5) is 0 Å². The van der Waals surface area contributed by atoms with Crippen molar-refractivity contribution in [3.8, 4) is 0 Å². The standard InChI is InChI=1S/C13H20N6/c1-3-7-19-12(9-16-18-19)13(17-14)11-5-6-15-8-10(11)4-2/h5-6,8-9,13,17H,3-4,7,14H2,1-2H3. The van der Waals surface area contributed by atoms with Gasteiger partial charge in [0.05, 0.1) is 17.9 Å². The second-order valence-electron chi connectivity index (χ2n) is 4.41. The van der Waals surface area contributed by atoms with E-state index in [9.17, 15) is 0 Å². The maximum atomic E-state index is 5.75. The monoisotopic (exact) mass is 260 g/mol. The van der Waals surface area contributed by atoms with Crippen molar-refractivity contribution in [2.75, 3.05) is 0 Å². The maximum Gasteiger partial charge on any atom is 0.0898 e. The van der Waals surface area contributed by atoms with E-state index < -0.39 is 0 Å². The third-order valence-corrected chi connectivity index (χ3v) is 3.18. The number of nitrogens with one attached hydrogen (secondary N) is 1. The number of nitrogens with two attached hydrogens (primary N) is 1. The Morgan fingerprint density at radius 2 is 2.21 bits per heavy atom. The van der Waals surface area contributed by atoms with Crippen molar-refractivity contribution in [3.63, 3.8) is 0 Å². The van der Waals surface area contributed by atoms with Crippen LogP contribution in [0.15, 0.2) is 24.7 Å². The lowest BCUT2D eigenvalue weighted by atomic mass is 9.99. The summed E-state index contributed by atoms with van der Waals surface area (Å²) in [6.45, 7) is 5.05. The van der Waals surface area contributed by atoms with Crippen LogP contribution in [0.25, 0.3) is 0 Å². The molecular weight excluding hydrogens is 240 g/mol. The number of hydrogen-bond donors (Lipinski definition) is 2. The molecule has 6 nitrogen and oxygen atoms in total. The number of hydrogen-bond acceptors (Lipinski definition) is 5. The molecule has 102 valence electrons. The fourth-order valence-electron chi connectivity index (χ4n) is 2.22. The SMILES string of the molecule is CCCn1nncc1C(NN)c1ccncc1CC. The Morgan fingerprint density at radius 3 is 2.89 bits per heavy atom. The van der Waals surface area contributed by atoms with Crippen LogP contribution < -0.4 is 11.3 Å². The zero-order chi connectivity index (χ0) is 13.7. The van der Waals surface area contributed by atoms with Gasteiger partial charge in [0.25, 0.3) is 0 Å². The molecule has 0 aliphatic heterocycles. The predicted octanol–water partition coefficient (Wildman–Crippen LogP) is 1.20. The molecule has 0 fully saturated rings. The Labute approximate surface area is 113 Å². The number of pyridine rings is 1. The van der Waals surface area contributed by atoms with Crippen LogP contribution in [0, 0.1) is 0 Å². The van der Waals surface area contributed by atoms with Crippen LogP contribution in [-0.4, -0.2) is 20.0 Å². The summed E-state index contributed by atoms with van der Waals surface area (Å²) in [5.41, 5.74) is 6.14. The van der Waals surface area contributed by atoms with Crippen molar-refractivity contribution in [2.45, 2.75) is 39.3 Å². The molecule has 0 amide bonds. The van der Waals surface area contributed by atoms with Gasteiger partial charge in [0.15, 0.2) is 0 Å². The molecule has 0 spiro atoms. The fraction of sp³-hybridized carbons (Fsp3) is 0.462. The molecule has 0 saturated carbocycles. The van der Waals surface area contributed by atoms with Gasteiger partial charge in [0.1, 0.15) is 0 Å². The summed E-state index contributed by atoms with van der Waals surface area (Å²) in [5, 5.41) is 8.10. The Balaban J connectivity index is 2.41. The molecule has 0 saturated heterocycles. The van der Waals surface area contributed by atoms with Crippen LogP contribution in [0.5, 0.6) is 0 Å². The first-order chi connectivity index (χ1) is 9.31. The molecule has 0 radical (unpaired) electrons. The highest BCUT2D eigenvalue weighted by Gasteiger charge is 2.19. The van der Waals surface area contributed by atoms with Gasteiger partial charge in [-0.3, -0.25) is 10.8 Å². The first-order valence-electron chi connectivity index (χ1n) is 6.59. The van der Waals surface area contributed by atoms with Gasteiger partial charge in [-0.05, 0) is 30.0 Å². The van der Waals surface area contributed by atoms with Crippen LogP contribution in [0.3, 0.4) is 0 Å². The number of rotatable bonds is 6. The molecular formula is C13H20N6. The van der Waals surface area contributed by atoms with Crippen LogP contribution in [0.2, 0.25) is 0 Å². The minimum atomic E-state index is -0.112. The molecule has 2 rings (SSSR count). The van der Waals surface area contributed by atoms with E-state index in [2.05, 4.69) is 34.6 Å². The highest BCUT2D eigenvalue weighted by Crippen LogP contribution is 2.23. The third kappa shape index (κ3) is 2.80. The second-order valence-corrected chi connectivity index (χ2v) is 4.41. The van der Waals surface area contributed by atoms with Crippen molar-refractivity contribution >= 4 is 0 Å². The van der Waals surface area contributed by atoms with E-state index in [1.807, 2.05) is 16.9 Å². The van der Waals surface area contributed by atoms with Crippen molar-refractivity contribution in [1.29, 1.82) is 0 Å². The van der Waals surface area contributed by atoms with Crippen molar-refractivity contribution in [2.24, 2.45) is 5.84 Å². The van der Waals surface area contributed by atoms with Crippen molar-refractivity contribution < 1.29 is 0 Å². The molecule has 1 atom stereocenters. The van der Waals surface area contributed by atoms with E-state index >= 15 is 0 Å². The Hall–Kier alpha value is -1.79. The highest BCUT2D eigenvalue weighted by atomic mass is 15.4. The Bertz CT molecular complexity index is 521. The zero-order valence-electron chi connectivity index (χ0n) is 11.4. The van der Waals surface area contributed by atoms with Crippen molar-refractivity contribution in [3.05, 3.63) is 41.5 Å². The minimum absolute atomic E-state index is 0.112. The summed E-state index contributed by atoms with van der Waals surface area (Å²) in [4.78, 5) is 4.17. The molecule has 3 N–H and O–H groups in total. The van der Waals surface area contributed by atoms with Crippen LogP contribution >= 0.6 is 0 Å². The average molecular weight is 260 g/mol. The molecule has 0 aliphatic rings. The number of aryl methyl sites for hydroxylation is 2.